The summed E-state index contributed by atoms with van der Waals surface area (Å²) in [5, 5.41) is 4.10. The maximum absolute atomic E-state index is 12.2. The van der Waals surface area contributed by atoms with Gasteiger partial charge in [0.05, 0.1) is 4.70 Å². The highest BCUT2D eigenvalue weighted by molar-refractivity contribution is 7.13. The third kappa shape index (κ3) is 2.80. The third-order valence-electron chi connectivity index (χ3n) is 5.21. The number of nitrogens with one attached hydrogen (secondary N) is 1. The van der Waals surface area contributed by atoms with Gasteiger partial charge in [0.15, 0.2) is 0 Å². The maximum Gasteiger partial charge on any atom is 0.270 e. The van der Waals surface area contributed by atoms with Crippen LogP contribution in [0.1, 0.15) is 21.9 Å². The van der Waals surface area contributed by atoms with Gasteiger partial charge in [-0.15, -0.1) is 0 Å². The zero-order valence-corrected chi connectivity index (χ0v) is 15.9. The zero-order valence-electron chi connectivity index (χ0n) is 15.1. The summed E-state index contributed by atoms with van der Waals surface area (Å²) >= 11 is 1.56. The molecule has 0 bridgehead atoms. The summed E-state index contributed by atoms with van der Waals surface area (Å²) in [4.78, 5) is 25.9. The van der Waals surface area contributed by atoms with Gasteiger partial charge < -0.3 is 15.1 Å². The molecule has 1 fully saturated rings. The molecule has 0 radical (unpaired) electrons. The molecule has 5 rings (SSSR count). The minimum Gasteiger partial charge on any atom is -0.353 e. The fourth-order valence-corrected chi connectivity index (χ4v) is 4.67. The largest absolute Gasteiger partial charge is 0.353 e. The number of piperazine rings is 1. The predicted octanol–water partition coefficient (Wildman–Crippen LogP) is 2.01. The molecule has 27 heavy (non-hydrogen) atoms. The zero-order chi connectivity index (χ0) is 18.4. The number of carbonyl (C=O) groups is 1. The number of anilines is 2. The lowest BCUT2D eigenvalue weighted by atomic mass is 10.1. The highest BCUT2D eigenvalue weighted by Gasteiger charge is 2.28. The molecule has 0 aliphatic carbocycles. The number of aryl methyl sites for hydroxylation is 1. The SMILES string of the molecule is Cc1nc2c(c(N3CCN(c4nsc5ccccc45)CC3)n1)CCNC2=O. The molecule has 0 unspecified atom stereocenters. The van der Waals surface area contributed by atoms with E-state index in [0.29, 0.717) is 18.1 Å². The molecule has 3 aromatic rings. The number of hydrogen-bond acceptors (Lipinski definition) is 7. The average molecular weight is 380 g/mol. The van der Waals surface area contributed by atoms with E-state index in [4.69, 9.17) is 0 Å². The Morgan fingerprint density at radius 3 is 2.59 bits per heavy atom. The molecule has 2 aliphatic heterocycles. The van der Waals surface area contributed by atoms with Crippen molar-refractivity contribution in [1.29, 1.82) is 0 Å². The van der Waals surface area contributed by atoms with E-state index in [9.17, 15) is 4.79 Å². The Kier molecular flexibility index (Phi) is 3.93. The second kappa shape index (κ2) is 6.45. The Morgan fingerprint density at radius 1 is 1.04 bits per heavy atom. The van der Waals surface area contributed by atoms with E-state index < -0.39 is 0 Å². The van der Waals surface area contributed by atoms with Gasteiger partial charge in [0.1, 0.15) is 23.2 Å². The highest BCUT2D eigenvalue weighted by atomic mass is 32.1. The van der Waals surface area contributed by atoms with Crippen molar-refractivity contribution in [1.82, 2.24) is 19.7 Å². The molecule has 1 aromatic carbocycles. The van der Waals surface area contributed by atoms with E-state index in [1.54, 1.807) is 11.5 Å². The Morgan fingerprint density at radius 2 is 1.78 bits per heavy atom. The van der Waals surface area contributed by atoms with E-state index in [-0.39, 0.29) is 5.91 Å². The van der Waals surface area contributed by atoms with Crippen LogP contribution in [0.5, 0.6) is 0 Å². The molecule has 138 valence electrons. The van der Waals surface area contributed by atoms with Crippen LogP contribution in [0.2, 0.25) is 0 Å². The van der Waals surface area contributed by atoms with E-state index in [1.165, 1.54) is 10.1 Å². The topological polar surface area (TPSA) is 74.2 Å². The Balaban J connectivity index is 1.40. The first-order valence-electron chi connectivity index (χ1n) is 9.21. The van der Waals surface area contributed by atoms with Crippen LogP contribution in [-0.4, -0.2) is 53.0 Å². The number of nitrogens with zero attached hydrogens (tertiary/aromatic N) is 5. The Bertz CT molecular complexity index is 1020. The summed E-state index contributed by atoms with van der Waals surface area (Å²) in [5.74, 6) is 2.56. The molecule has 1 saturated heterocycles. The van der Waals surface area contributed by atoms with Gasteiger partial charge in [-0.2, -0.15) is 4.37 Å². The molecular weight excluding hydrogens is 360 g/mol. The van der Waals surface area contributed by atoms with Gasteiger partial charge in [-0.1, -0.05) is 12.1 Å². The van der Waals surface area contributed by atoms with Crippen LogP contribution in [0.15, 0.2) is 24.3 Å². The first kappa shape index (κ1) is 16.4. The van der Waals surface area contributed by atoms with Gasteiger partial charge in [-0.05, 0) is 37.0 Å². The van der Waals surface area contributed by atoms with Gasteiger partial charge in [-0.3, -0.25) is 4.79 Å². The number of fused-ring (bicyclic) bond motifs is 2. The van der Waals surface area contributed by atoms with Crippen LogP contribution in [0.4, 0.5) is 11.6 Å². The van der Waals surface area contributed by atoms with E-state index in [1.807, 2.05) is 6.92 Å². The summed E-state index contributed by atoms with van der Waals surface area (Å²) in [5.41, 5.74) is 1.52. The van der Waals surface area contributed by atoms with Gasteiger partial charge in [0.2, 0.25) is 0 Å². The predicted molar refractivity (Wildman–Crippen MR) is 107 cm³/mol. The van der Waals surface area contributed by atoms with Crippen LogP contribution in [0, 0.1) is 6.92 Å². The molecule has 0 atom stereocenters. The van der Waals surface area contributed by atoms with Gasteiger partial charge >= 0.3 is 0 Å². The van der Waals surface area contributed by atoms with Crippen LogP contribution >= 0.6 is 11.5 Å². The molecule has 7 nitrogen and oxygen atoms in total. The van der Waals surface area contributed by atoms with Crippen LogP contribution in [0.25, 0.3) is 10.1 Å². The summed E-state index contributed by atoms with van der Waals surface area (Å²) in [7, 11) is 0. The number of hydrogen-bond donors (Lipinski definition) is 1. The molecular formula is C19H20N6OS. The average Bonchev–Trinajstić information content (AvgIpc) is 3.12. The first-order chi connectivity index (χ1) is 13.2. The summed E-state index contributed by atoms with van der Waals surface area (Å²) in [6.07, 6.45) is 0.785. The fourth-order valence-electron chi connectivity index (χ4n) is 3.88. The Hall–Kier alpha value is -2.74. The van der Waals surface area contributed by atoms with Crippen LogP contribution in [0.3, 0.4) is 0 Å². The lowest BCUT2D eigenvalue weighted by Gasteiger charge is -2.37. The lowest BCUT2D eigenvalue weighted by Crippen LogP contribution is -2.48. The van der Waals surface area contributed by atoms with Gasteiger partial charge in [-0.25, -0.2) is 9.97 Å². The monoisotopic (exact) mass is 380 g/mol. The molecule has 0 spiro atoms. The van der Waals surface area contributed by atoms with Crippen LogP contribution in [-0.2, 0) is 6.42 Å². The van der Waals surface area contributed by atoms with Crippen molar-refractivity contribution in [2.45, 2.75) is 13.3 Å². The lowest BCUT2D eigenvalue weighted by molar-refractivity contribution is 0.0940. The molecule has 8 heteroatoms. The number of aromatic nitrogens is 3. The normalized spacial score (nSPS) is 17.1. The van der Waals surface area contributed by atoms with Crippen molar-refractivity contribution in [2.75, 3.05) is 42.5 Å². The standard InChI is InChI=1S/C19H20N6OS/c1-12-21-16-14(6-7-20-19(16)26)17(22-12)24-8-10-25(11-9-24)18-13-4-2-3-5-15(13)27-23-18/h2-5H,6-11H2,1H3,(H,20,26). The second-order valence-corrected chi connectivity index (χ2v) is 7.71. The third-order valence-corrected chi connectivity index (χ3v) is 6.03. The highest BCUT2D eigenvalue weighted by Crippen LogP contribution is 2.31. The molecule has 1 N–H and O–H groups in total. The van der Waals surface area contributed by atoms with E-state index in [0.717, 1.165) is 49.8 Å². The molecule has 2 aliphatic rings. The molecule has 0 saturated carbocycles. The minimum absolute atomic E-state index is 0.0874. The van der Waals surface area contributed by atoms with Crippen molar-refractivity contribution in [3.63, 3.8) is 0 Å². The number of benzene rings is 1. The maximum atomic E-state index is 12.2. The van der Waals surface area contributed by atoms with Gasteiger partial charge in [0.25, 0.3) is 5.91 Å². The summed E-state index contributed by atoms with van der Waals surface area (Å²) < 4.78 is 5.91. The summed E-state index contributed by atoms with van der Waals surface area (Å²) in [6.45, 7) is 5.99. The van der Waals surface area contributed by atoms with Crippen molar-refractivity contribution < 1.29 is 4.79 Å². The van der Waals surface area contributed by atoms with E-state index in [2.05, 4.69) is 53.7 Å². The van der Waals surface area contributed by atoms with Crippen molar-refractivity contribution in [3.05, 3.63) is 41.3 Å². The van der Waals surface area contributed by atoms with Crippen molar-refractivity contribution in [2.24, 2.45) is 0 Å². The van der Waals surface area contributed by atoms with Crippen molar-refractivity contribution in [3.8, 4) is 0 Å². The van der Waals surface area contributed by atoms with Crippen LogP contribution < -0.4 is 15.1 Å². The van der Waals surface area contributed by atoms with Gasteiger partial charge in [0, 0.05) is 43.7 Å². The number of rotatable bonds is 2. The molecule has 4 heterocycles. The minimum atomic E-state index is -0.0874. The number of carbonyl (C=O) groups excluding carboxylic acids is 1. The van der Waals surface area contributed by atoms with E-state index >= 15 is 0 Å². The smallest absolute Gasteiger partial charge is 0.270 e. The fraction of sp³-hybridized carbons (Fsp3) is 0.368. The first-order valence-corrected chi connectivity index (χ1v) is 9.98. The Labute approximate surface area is 161 Å². The number of amides is 1. The molecule has 2 aromatic heterocycles. The molecule has 1 amide bonds. The van der Waals surface area contributed by atoms with Crippen molar-refractivity contribution >= 4 is 39.2 Å². The summed E-state index contributed by atoms with van der Waals surface area (Å²) in [6, 6.07) is 8.38. The second-order valence-electron chi connectivity index (χ2n) is 6.90. The quantitative estimate of drug-likeness (QED) is 0.733.